The maximum Gasteiger partial charge on any atom is 0.224 e. The summed E-state index contributed by atoms with van der Waals surface area (Å²) in [4.78, 5) is 31.0. The van der Waals surface area contributed by atoms with E-state index in [2.05, 4.69) is 11.8 Å². The van der Waals surface area contributed by atoms with Crippen molar-refractivity contribution in [2.75, 3.05) is 45.9 Å². The summed E-state index contributed by atoms with van der Waals surface area (Å²) in [6.45, 7) is 9.88. The molecule has 3 aliphatic heterocycles. The first-order valence-electron chi connectivity index (χ1n) is 9.43. The lowest BCUT2D eigenvalue weighted by molar-refractivity contribution is -0.136. The van der Waals surface area contributed by atoms with Gasteiger partial charge in [-0.05, 0) is 25.2 Å². The van der Waals surface area contributed by atoms with E-state index in [1.54, 1.807) is 6.92 Å². The van der Waals surface area contributed by atoms with Gasteiger partial charge in [0.15, 0.2) is 0 Å². The number of hydrogen-bond acceptors (Lipinski definition) is 4. The molecule has 6 nitrogen and oxygen atoms in total. The Morgan fingerprint density at radius 2 is 1.83 bits per heavy atom. The maximum atomic E-state index is 12.8. The van der Waals surface area contributed by atoms with Crippen molar-refractivity contribution in [3.63, 3.8) is 0 Å². The second kappa shape index (κ2) is 7.83. The minimum Gasteiger partial charge on any atom is -0.379 e. The molecule has 3 rings (SSSR count). The second-order valence-electron chi connectivity index (χ2n) is 7.56. The second-order valence-corrected chi connectivity index (χ2v) is 7.56. The number of amides is 2. The summed E-state index contributed by atoms with van der Waals surface area (Å²) in [6, 6.07) is 0.551. The van der Waals surface area contributed by atoms with Gasteiger partial charge in [-0.25, -0.2) is 0 Å². The lowest BCUT2D eigenvalue weighted by Crippen LogP contribution is -2.48. The molecule has 3 aliphatic rings. The highest BCUT2D eigenvalue weighted by Gasteiger charge is 2.37. The molecule has 0 bridgehead atoms. The molecule has 136 valence electrons. The average molecular weight is 337 g/mol. The van der Waals surface area contributed by atoms with Crippen molar-refractivity contribution in [2.24, 2.45) is 5.92 Å². The van der Waals surface area contributed by atoms with Crippen LogP contribution in [0.2, 0.25) is 0 Å². The van der Waals surface area contributed by atoms with E-state index in [9.17, 15) is 9.59 Å². The molecule has 0 aliphatic carbocycles. The van der Waals surface area contributed by atoms with Gasteiger partial charge in [0, 0.05) is 58.2 Å². The van der Waals surface area contributed by atoms with E-state index in [1.165, 1.54) is 0 Å². The monoisotopic (exact) mass is 337 g/mol. The van der Waals surface area contributed by atoms with Crippen LogP contribution in [0.1, 0.15) is 39.5 Å². The molecule has 0 aromatic heterocycles. The van der Waals surface area contributed by atoms with Crippen molar-refractivity contribution in [2.45, 2.75) is 51.6 Å². The molecule has 3 fully saturated rings. The lowest BCUT2D eigenvalue weighted by atomic mass is 9.98. The largest absolute Gasteiger partial charge is 0.379 e. The molecular weight excluding hydrogens is 306 g/mol. The quantitative estimate of drug-likeness (QED) is 0.770. The normalized spacial score (nSPS) is 32.2. The Hall–Kier alpha value is -1.14. The molecule has 3 unspecified atom stereocenters. The number of carbonyl (C=O) groups excluding carboxylic acids is 2. The van der Waals surface area contributed by atoms with Gasteiger partial charge < -0.3 is 14.5 Å². The standard InChI is InChI=1S/C18H31N3O3/c1-14-12-20(13-17(14)19-7-9-24-10-8-19)18(23)11-16-5-3-4-6-21(16)15(2)22/h14,16-17H,3-13H2,1-2H3. The molecule has 0 aromatic carbocycles. The highest BCUT2D eigenvalue weighted by atomic mass is 16.5. The molecule has 6 heteroatoms. The van der Waals surface area contributed by atoms with Crippen molar-refractivity contribution in [1.29, 1.82) is 0 Å². The summed E-state index contributed by atoms with van der Waals surface area (Å²) in [5.41, 5.74) is 0. The molecule has 0 radical (unpaired) electrons. The van der Waals surface area contributed by atoms with Crippen molar-refractivity contribution in [3.05, 3.63) is 0 Å². The topological polar surface area (TPSA) is 53.1 Å². The fourth-order valence-corrected chi connectivity index (χ4v) is 4.50. The number of morpholine rings is 1. The Morgan fingerprint density at radius 1 is 1.08 bits per heavy atom. The molecule has 3 saturated heterocycles. The maximum absolute atomic E-state index is 12.8. The summed E-state index contributed by atoms with van der Waals surface area (Å²) in [5, 5.41) is 0. The number of carbonyl (C=O) groups is 2. The van der Waals surface area contributed by atoms with Crippen molar-refractivity contribution in [3.8, 4) is 0 Å². The molecule has 3 heterocycles. The van der Waals surface area contributed by atoms with Crippen LogP contribution in [0.4, 0.5) is 0 Å². The third kappa shape index (κ3) is 3.91. The lowest BCUT2D eigenvalue weighted by Gasteiger charge is -2.36. The summed E-state index contributed by atoms with van der Waals surface area (Å²) in [6.07, 6.45) is 3.63. The first kappa shape index (κ1) is 17.7. The smallest absolute Gasteiger partial charge is 0.224 e. The summed E-state index contributed by atoms with van der Waals surface area (Å²) in [5.74, 6) is 0.826. The predicted octanol–water partition coefficient (Wildman–Crippen LogP) is 0.957. The molecule has 0 saturated carbocycles. The van der Waals surface area contributed by atoms with Crippen LogP contribution in [0.5, 0.6) is 0 Å². The Morgan fingerprint density at radius 3 is 2.54 bits per heavy atom. The van der Waals surface area contributed by atoms with E-state index in [-0.39, 0.29) is 17.9 Å². The zero-order valence-electron chi connectivity index (χ0n) is 15.1. The molecule has 0 spiro atoms. The van der Waals surface area contributed by atoms with Crippen LogP contribution >= 0.6 is 0 Å². The summed E-state index contributed by atoms with van der Waals surface area (Å²) < 4.78 is 5.44. The zero-order chi connectivity index (χ0) is 17.1. The van der Waals surface area contributed by atoms with E-state index in [4.69, 9.17) is 4.74 Å². The first-order chi connectivity index (χ1) is 11.6. The number of rotatable bonds is 3. The van der Waals surface area contributed by atoms with E-state index in [0.717, 1.165) is 65.2 Å². The van der Waals surface area contributed by atoms with Crippen molar-refractivity contribution >= 4 is 11.8 Å². The number of piperidine rings is 1. The van der Waals surface area contributed by atoms with E-state index >= 15 is 0 Å². The van der Waals surface area contributed by atoms with Gasteiger partial charge in [-0.15, -0.1) is 0 Å². The first-order valence-corrected chi connectivity index (χ1v) is 9.43. The van der Waals surface area contributed by atoms with E-state index in [0.29, 0.717) is 18.4 Å². The van der Waals surface area contributed by atoms with Crippen LogP contribution in [0, 0.1) is 5.92 Å². The van der Waals surface area contributed by atoms with Gasteiger partial charge in [0.05, 0.1) is 13.2 Å². The summed E-state index contributed by atoms with van der Waals surface area (Å²) >= 11 is 0. The fourth-order valence-electron chi connectivity index (χ4n) is 4.50. The fraction of sp³-hybridized carbons (Fsp3) is 0.889. The minimum atomic E-state index is 0.0986. The van der Waals surface area contributed by atoms with E-state index in [1.807, 2.05) is 9.80 Å². The number of ether oxygens (including phenoxy) is 1. The third-order valence-corrected chi connectivity index (χ3v) is 5.88. The Kier molecular flexibility index (Phi) is 5.76. The van der Waals surface area contributed by atoms with Crippen LogP contribution < -0.4 is 0 Å². The van der Waals surface area contributed by atoms with Gasteiger partial charge in [-0.2, -0.15) is 0 Å². The highest BCUT2D eigenvalue weighted by molar-refractivity contribution is 5.79. The van der Waals surface area contributed by atoms with Gasteiger partial charge in [-0.3, -0.25) is 14.5 Å². The predicted molar refractivity (Wildman–Crippen MR) is 91.6 cm³/mol. The van der Waals surface area contributed by atoms with Crippen LogP contribution in [0.25, 0.3) is 0 Å². The van der Waals surface area contributed by atoms with E-state index < -0.39 is 0 Å². The average Bonchev–Trinajstić information content (AvgIpc) is 2.98. The highest BCUT2D eigenvalue weighted by Crippen LogP contribution is 2.26. The molecule has 0 aromatic rings. The van der Waals surface area contributed by atoms with Crippen molar-refractivity contribution in [1.82, 2.24) is 14.7 Å². The molecule has 24 heavy (non-hydrogen) atoms. The Balaban J connectivity index is 1.56. The van der Waals surface area contributed by atoms with Crippen molar-refractivity contribution < 1.29 is 14.3 Å². The third-order valence-electron chi connectivity index (χ3n) is 5.88. The van der Waals surface area contributed by atoms with Gasteiger partial charge in [0.1, 0.15) is 0 Å². The molecule has 0 N–H and O–H groups in total. The van der Waals surface area contributed by atoms with Crippen LogP contribution in [-0.2, 0) is 14.3 Å². The number of likely N-dealkylation sites (tertiary alicyclic amines) is 2. The zero-order valence-corrected chi connectivity index (χ0v) is 15.1. The summed E-state index contributed by atoms with van der Waals surface area (Å²) in [7, 11) is 0. The SMILES string of the molecule is CC(=O)N1CCCCC1CC(=O)N1CC(C)C(N2CCOCC2)C1. The molecular formula is C18H31N3O3. The van der Waals surface area contributed by atoms with Crippen LogP contribution in [-0.4, -0.2) is 84.5 Å². The molecule has 2 amide bonds. The van der Waals surface area contributed by atoms with Gasteiger partial charge in [-0.1, -0.05) is 6.92 Å². The van der Waals surface area contributed by atoms with Crippen LogP contribution in [0.3, 0.4) is 0 Å². The number of hydrogen-bond donors (Lipinski definition) is 0. The number of nitrogens with zero attached hydrogens (tertiary/aromatic N) is 3. The van der Waals surface area contributed by atoms with Gasteiger partial charge >= 0.3 is 0 Å². The van der Waals surface area contributed by atoms with Gasteiger partial charge in [0.2, 0.25) is 11.8 Å². The minimum absolute atomic E-state index is 0.0986. The van der Waals surface area contributed by atoms with Gasteiger partial charge in [0.25, 0.3) is 0 Å². The Labute approximate surface area is 145 Å². The molecule has 3 atom stereocenters. The Bertz CT molecular complexity index is 464. The van der Waals surface area contributed by atoms with Crippen LogP contribution in [0.15, 0.2) is 0 Å².